The molecule has 0 heterocycles. The average Bonchev–Trinajstić information content (AvgIpc) is 3.46. The van der Waals surface area contributed by atoms with E-state index in [9.17, 15) is 9.18 Å². The minimum Gasteiger partial charge on any atom is -0.494 e. The Morgan fingerprint density at radius 3 is 2.73 bits per heavy atom. The van der Waals surface area contributed by atoms with Crippen LogP contribution in [-0.2, 0) is 6.54 Å². The molecule has 1 fully saturated rings. The lowest BCUT2D eigenvalue weighted by atomic mass is 10.1. The molecule has 0 saturated heterocycles. The van der Waals surface area contributed by atoms with Crippen LogP contribution >= 0.6 is 0 Å². The minimum atomic E-state index is -0.275. The number of nitrogens with one attached hydrogen (secondary N) is 1. The van der Waals surface area contributed by atoms with Crippen molar-refractivity contribution < 1.29 is 13.9 Å². The second kappa shape index (κ2) is 8.21. The first-order valence-electron chi connectivity index (χ1n) is 9.11. The summed E-state index contributed by atoms with van der Waals surface area (Å²) in [6.07, 6.45) is 1.94. The molecule has 138 valence electrons. The fourth-order valence-electron chi connectivity index (χ4n) is 2.95. The predicted octanol–water partition coefficient (Wildman–Crippen LogP) is 4.66. The molecule has 4 nitrogen and oxygen atoms in total. The van der Waals surface area contributed by atoms with Crippen molar-refractivity contribution in [3.8, 4) is 5.75 Å². The molecule has 1 aliphatic carbocycles. The van der Waals surface area contributed by atoms with Crippen molar-refractivity contribution in [3.05, 3.63) is 65.5 Å². The van der Waals surface area contributed by atoms with Crippen LogP contribution in [0.15, 0.2) is 48.5 Å². The SMILES string of the molecule is CCOc1cccc(C(C)NC(=O)N(Cc2ccccc2F)C2CC2)c1. The van der Waals surface area contributed by atoms with Gasteiger partial charge in [-0.05, 0) is 50.5 Å². The van der Waals surface area contributed by atoms with Gasteiger partial charge in [-0.1, -0.05) is 30.3 Å². The first kappa shape index (κ1) is 18.2. The van der Waals surface area contributed by atoms with Gasteiger partial charge in [-0.15, -0.1) is 0 Å². The van der Waals surface area contributed by atoms with Crippen LogP contribution < -0.4 is 10.1 Å². The molecule has 0 bridgehead atoms. The van der Waals surface area contributed by atoms with Crippen molar-refractivity contribution >= 4 is 6.03 Å². The Bertz CT molecular complexity index is 761. The second-order valence-electron chi connectivity index (χ2n) is 6.63. The van der Waals surface area contributed by atoms with Crippen LogP contribution in [0.5, 0.6) is 5.75 Å². The molecule has 0 spiro atoms. The van der Waals surface area contributed by atoms with Crippen LogP contribution in [0.4, 0.5) is 9.18 Å². The van der Waals surface area contributed by atoms with Gasteiger partial charge in [-0.2, -0.15) is 0 Å². The maximum Gasteiger partial charge on any atom is 0.318 e. The van der Waals surface area contributed by atoms with E-state index in [1.165, 1.54) is 6.07 Å². The summed E-state index contributed by atoms with van der Waals surface area (Å²) in [5.41, 5.74) is 1.52. The lowest BCUT2D eigenvalue weighted by Crippen LogP contribution is -2.42. The Balaban J connectivity index is 1.68. The number of nitrogens with zero attached hydrogens (tertiary/aromatic N) is 1. The number of amides is 2. The van der Waals surface area contributed by atoms with Crippen molar-refractivity contribution in [2.45, 2.75) is 45.3 Å². The van der Waals surface area contributed by atoms with Gasteiger partial charge >= 0.3 is 6.03 Å². The molecule has 5 heteroatoms. The van der Waals surface area contributed by atoms with Crippen LogP contribution in [0.1, 0.15) is 43.9 Å². The molecule has 0 aliphatic heterocycles. The maximum absolute atomic E-state index is 14.0. The lowest BCUT2D eigenvalue weighted by molar-refractivity contribution is 0.188. The van der Waals surface area contributed by atoms with Crippen LogP contribution in [-0.4, -0.2) is 23.6 Å². The normalized spacial score (nSPS) is 14.6. The van der Waals surface area contributed by atoms with E-state index in [4.69, 9.17) is 4.74 Å². The Morgan fingerprint density at radius 2 is 2.04 bits per heavy atom. The van der Waals surface area contributed by atoms with E-state index >= 15 is 0 Å². The predicted molar refractivity (Wildman–Crippen MR) is 99.5 cm³/mol. The van der Waals surface area contributed by atoms with Gasteiger partial charge in [0.1, 0.15) is 11.6 Å². The molecule has 2 aromatic carbocycles. The molecule has 0 radical (unpaired) electrons. The summed E-state index contributed by atoms with van der Waals surface area (Å²) in [4.78, 5) is 14.5. The number of urea groups is 1. The molecular formula is C21H25FN2O2. The maximum atomic E-state index is 14.0. The van der Waals surface area contributed by atoms with Crippen molar-refractivity contribution in [2.75, 3.05) is 6.61 Å². The van der Waals surface area contributed by atoms with Gasteiger partial charge < -0.3 is 15.0 Å². The van der Waals surface area contributed by atoms with Crippen molar-refractivity contribution in [1.29, 1.82) is 0 Å². The summed E-state index contributed by atoms with van der Waals surface area (Å²) < 4.78 is 19.5. The summed E-state index contributed by atoms with van der Waals surface area (Å²) in [5.74, 6) is 0.514. The Hall–Kier alpha value is -2.56. The zero-order valence-corrected chi connectivity index (χ0v) is 15.2. The standard InChI is InChI=1S/C21H25FN2O2/c1-3-26-19-9-6-8-16(13-19)15(2)23-21(25)24(18-11-12-18)14-17-7-4-5-10-20(17)22/h4-10,13,15,18H,3,11-12,14H2,1-2H3,(H,23,25). The monoisotopic (exact) mass is 356 g/mol. The van der Waals surface area contributed by atoms with E-state index in [1.54, 1.807) is 23.1 Å². The van der Waals surface area contributed by atoms with E-state index < -0.39 is 0 Å². The number of benzene rings is 2. The number of hydrogen-bond donors (Lipinski definition) is 1. The molecular weight excluding hydrogens is 331 g/mol. The van der Waals surface area contributed by atoms with Crippen LogP contribution in [0.3, 0.4) is 0 Å². The number of halogens is 1. The largest absolute Gasteiger partial charge is 0.494 e. The molecule has 26 heavy (non-hydrogen) atoms. The van der Waals surface area contributed by atoms with Crippen molar-refractivity contribution in [2.24, 2.45) is 0 Å². The summed E-state index contributed by atoms with van der Waals surface area (Å²) in [6, 6.07) is 14.2. The van der Waals surface area contributed by atoms with Gasteiger partial charge in [-0.25, -0.2) is 9.18 Å². The highest BCUT2D eigenvalue weighted by atomic mass is 19.1. The molecule has 2 amide bonds. The molecule has 1 atom stereocenters. The molecule has 1 N–H and O–H groups in total. The minimum absolute atomic E-state index is 0.162. The van der Waals surface area contributed by atoms with E-state index in [1.807, 2.05) is 38.1 Å². The van der Waals surface area contributed by atoms with E-state index in [0.29, 0.717) is 12.2 Å². The fourth-order valence-corrected chi connectivity index (χ4v) is 2.95. The van der Waals surface area contributed by atoms with Crippen molar-refractivity contribution in [3.63, 3.8) is 0 Å². The highest BCUT2D eigenvalue weighted by Gasteiger charge is 2.33. The van der Waals surface area contributed by atoms with Gasteiger partial charge in [0.05, 0.1) is 19.2 Å². The van der Waals surface area contributed by atoms with E-state index in [2.05, 4.69) is 5.32 Å². The third-order valence-corrected chi connectivity index (χ3v) is 4.56. The topological polar surface area (TPSA) is 41.6 Å². The lowest BCUT2D eigenvalue weighted by Gasteiger charge is -2.26. The summed E-state index contributed by atoms with van der Waals surface area (Å²) in [7, 11) is 0. The van der Waals surface area contributed by atoms with E-state index in [0.717, 1.165) is 24.2 Å². The summed E-state index contributed by atoms with van der Waals surface area (Å²) in [6.45, 7) is 4.77. The molecule has 1 aliphatic rings. The van der Waals surface area contributed by atoms with Gasteiger partial charge in [0, 0.05) is 11.6 Å². The first-order valence-corrected chi connectivity index (χ1v) is 9.11. The van der Waals surface area contributed by atoms with Gasteiger partial charge in [-0.3, -0.25) is 0 Å². The van der Waals surface area contributed by atoms with Gasteiger partial charge in [0.25, 0.3) is 0 Å². The molecule has 2 aromatic rings. The molecule has 0 aromatic heterocycles. The van der Waals surface area contributed by atoms with Crippen LogP contribution in [0.25, 0.3) is 0 Å². The number of carbonyl (C=O) groups excluding carboxylic acids is 1. The Labute approximate surface area is 154 Å². The second-order valence-corrected chi connectivity index (χ2v) is 6.63. The first-order chi connectivity index (χ1) is 12.6. The van der Waals surface area contributed by atoms with Crippen molar-refractivity contribution in [1.82, 2.24) is 10.2 Å². The average molecular weight is 356 g/mol. The summed E-state index contributed by atoms with van der Waals surface area (Å²) in [5, 5.41) is 3.04. The quantitative estimate of drug-likeness (QED) is 0.784. The zero-order valence-electron chi connectivity index (χ0n) is 15.2. The summed E-state index contributed by atoms with van der Waals surface area (Å²) >= 11 is 0. The molecule has 3 rings (SSSR count). The van der Waals surface area contributed by atoms with Crippen LogP contribution in [0, 0.1) is 5.82 Å². The smallest absolute Gasteiger partial charge is 0.318 e. The highest BCUT2D eigenvalue weighted by Crippen LogP contribution is 2.29. The van der Waals surface area contributed by atoms with Gasteiger partial charge in [0.2, 0.25) is 0 Å². The Kier molecular flexibility index (Phi) is 5.76. The zero-order chi connectivity index (χ0) is 18.5. The third kappa shape index (κ3) is 4.54. The van der Waals surface area contributed by atoms with Gasteiger partial charge in [0.15, 0.2) is 0 Å². The Morgan fingerprint density at radius 1 is 1.27 bits per heavy atom. The molecule has 1 unspecified atom stereocenters. The number of carbonyl (C=O) groups is 1. The van der Waals surface area contributed by atoms with E-state index in [-0.39, 0.29) is 30.5 Å². The number of hydrogen-bond acceptors (Lipinski definition) is 2. The molecule has 1 saturated carbocycles. The van der Waals surface area contributed by atoms with Crippen LogP contribution in [0.2, 0.25) is 0 Å². The number of ether oxygens (including phenoxy) is 1. The number of rotatable bonds is 7. The third-order valence-electron chi connectivity index (χ3n) is 4.56. The highest BCUT2D eigenvalue weighted by molar-refractivity contribution is 5.75. The fraction of sp³-hybridized carbons (Fsp3) is 0.381.